The van der Waals surface area contributed by atoms with Gasteiger partial charge in [-0.1, -0.05) is 12.6 Å². The molecule has 16 heavy (non-hydrogen) atoms. The summed E-state index contributed by atoms with van der Waals surface area (Å²) in [4.78, 5) is 8.13. The van der Waals surface area contributed by atoms with E-state index in [4.69, 9.17) is 5.26 Å². The topological polar surface area (TPSA) is 49.6 Å². The van der Waals surface area contributed by atoms with Crippen molar-refractivity contribution in [2.24, 2.45) is 0 Å². The zero-order valence-electron chi connectivity index (χ0n) is 8.59. The van der Waals surface area contributed by atoms with Crippen LogP contribution in [0.5, 0.6) is 0 Å². The molecule has 0 atom stereocenters. The van der Waals surface area contributed by atoms with Gasteiger partial charge in [-0.05, 0) is 18.2 Å². The Balaban J connectivity index is 2.67. The summed E-state index contributed by atoms with van der Waals surface area (Å²) in [5, 5.41) is 9.13. The smallest absolute Gasteiger partial charge is 0.102 e. The van der Waals surface area contributed by atoms with Crippen molar-refractivity contribution in [2.45, 2.75) is 0 Å². The van der Waals surface area contributed by atoms with Crippen LogP contribution in [0.4, 0.5) is 0 Å². The molecule has 0 unspecified atom stereocenters. The van der Waals surface area contributed by atoms with E-state index in [-0.39, 0.29) is 0 Å². The van der Waals surface area contributed by atoms with Crippen molar-refractivity contribution in [3.05, 3.63) is 54.6 Å². The first-order valence-corrected chi connectivity index (χ1v) is 4.78. The number of hydrogen-bond acceptors (Lipinski definition) is 3. The molecule has 0 bridgehead atoms. The fourth-order valence-electron chi connectivity index (χ4n) is 1.51. The van der Waals surface area contributed by atoms with Crippen LogP contribution in [0.3, 0.4) is 0 Å². The van der Waals surface area contributed by atoms with Crippen molar-refractivity contribution in [1.29, 1.82) is 5.26 Å². The van der Waals surface area contributed by atoms with Crippen LogP contribution in [0.15, 0.2) is 43.4 Å². The molecule has 0 radical (unpaired) electrons. The number of pyridine rings is 2. The fraction of sp³-hybridized carbons (Fsp3) is 0. The Kier molecular flexibility index (Phi) is 2.75. The highest BCUT2D eigenvalue weighted by molar-refractivity contribution is 5.73. The van der Waals surface area contributed by atoms with Gasteiger partial charge in [0.25, 0.3) is 0 Å². The average molecular weight is 207 g/mol. The van der Waals surface area contributed by atoms with Gasteiger partial charge in [0.1, 0.15) is 6.07 Å². The maximum Gasteiger partial charge on any atom is 0.102 e. The zero-order chi connectivity index (χ0) is 11.4. The molecule has 0 aromatic carbocycles. The third kappa shape index (κ3) is 1.69. The number of nitriles is 1. The lowest BCUT2D eigenvalue weighted by molar-refractivity contribution is 1.26. The molecule has 2 heterocycles. The van der Waals surface area contributed by atoms with Crippen molar-refractivity contribution in [2.75, 3.05) is 0 Å². The number of rotatable bonds is 2. The summed E-state index contributed by atoms with van der Waals surface area (Å²) in [5.74, 6) is 0. The van der Waals surface area contributed by atoms with E-state index >= 15 is 0 Å². The predicted molar refractivity (Wildman–Crippen MR) is 62.3 cm³/mol. The maximum atomic E-state index is 9.13. The molecule has 76 valence electrons. The van der Waals surface area contributed by atoms with E-state index in [1.54, 1.807) is 24.7 Å². The third-order valence-corrected chi connectivity index (χ3v) is 2.26. The minimum Gasteiger partial charge on any atom is -0.264 e. The van der Waals surface area contributed by atoms with E-state index in [9.17, 15) is 0 Å². The molecule has 0 amide bonds. The Morgan fingerprint density at radius 2 is 2.19 bits per heavy atom. The molecular weight excluding hydrogens is 198 g/mol. The first kappa shape index (κ1) is 10.1. The highest BCUT2D eigenvalue weighted by atomic mass is 14.7. The summed E-state index contributed by atoms with van der Waals surface area (Å²) in [6.45, 7) is 3.65. The van der Waals surface area contributed by atoms with Gasteiger partial charge in [0.2, 0.25) is 0 Å². The Morgan fingerprint density at radius 1 is 1.31 bits per heavy atom. The summed E-state index contributed by atoms with van der Waals surface area (Å²) in [7, 11) is 0. The van der Waals surface area contributed by atoms with Crippen LogP contribution < -0.4 is 0 Å². The van der Waals surface area contributed by atoms with Crippen LogP contribution in [-0.4, -0.2) is 9.97 Å². The molecule has 0 saturated carbocycles. The van der Waals surface area contributed by atoms with E-state index < -0.39 is 0 Å². The standard InChI is InChI=1S/C13H9N3/c1-2-13-12(8-14)11(5-7-16-13)10-4-3-6-15-9-10/h2-7,9H,1H2. The average Bonchev–Trinajstić information content (AvgIpc) is 2.38. The number of aromatic nitrogens is 2. The van der Waals surface area contributed by atoms with Gasteiger partial charge >= 0.3 is 0 Å². The molecule has 0 aliphatic rings. The van der Waals surface area contributed by atoms with Gasteiger partial charge in [-0.2, -0.15) is 5.26 Å². The molecule has 2 aromatic rings. The molecule has 0 N–H and O–H groups in total. The SMILES string of the molecule is C=Cc1nccc(-c2cccnc2)c1C#N. The molecule has 0 fully saturated rings. The van der Waals surface area contributed by atoms with Crippen molar-refractivity contribution < 1.29 is 0 Å². The largest absolute Gasteiger partial charge is 0.264 e. The minimum atomic E-state index is 0.533. The summed E-state index contributed by atoms with van der Waals surface area (Å²) < 4.78 is 0. The third-order valence-electron chi connectivity index (χ3n) is 2.26. The fourth-order valence-corrected chi connectivity index (χ4v) is 1.51. The van der Waals surface area contributed by atoms with E-state index in [2.05, 4.69) is 22.6 Å². The van der Waals surface area contributed by atoms with E-state index in [0.29, 0.717) is 11.3 Å². The molecule has 2 rings (SSSR count). The number of nitrogens with zero attached hydrogens (tertiary/aromatic N) is 3. The monoisotopic (exact) mass is 207 g/mol. The Hall–Kier alpha value is -2.47. The van der Waals surface area contributed by atoms with Gasteiger partial charge in [0.05, 0.1) is 11.3 Å². The van der Waals surface area contributed by atoms with E-state index in [0.717, 1.165) is 11.1 Å². The minimum absolute atomic E-state index is 0.533. The van der Waals surface area contributed by atoms with Crippen molar-refractivity contribution in [1.82, 2.24) is 9.97 Å². The van der Waals surface area contributed by atoms with Crippen molar-refractivity contribution >= 4 is 6.08 Å². The zero-order valence-corrected chi connectivity index (χ0v) is 8.59. The molecule has 0 spiro atoms. The second-order valence-corrected chi connectivity index (χ2v) is 3.18. The molecule has 2 aromatic heterocycles. The van der Waals surface area contributed by atoms with Crippen LogP contribution in [-0.2, 0) is 0 Å². The predicted octanol–water partition coefficient (Wildman–Crippen LogP) is 2.66. The molecular formula is C13H9N3. The van der Waals surface area contributed by atoms with Gasteiger partial charge in [-0.15, -0.1) is 0 Å². The quantitative estimate of drug-likeness (QED) is 0.760. The first-order valence-electron chi connectivity index (χ1n) is 4.78. The summed E-state index contributed by atoms with van der Waals surface area (Å²) in [6, 6.07) is 7.71. The Labute approximate surface area is 93.7 Å². The Morgan fingerprint density at radius 3 is 2.81 bits per heavy atom. The Bertz CT molecular complexity index is 553. The summed E-state index contributed by atoms with van der Waals surface area (Å²) >= 11 is 0. The van der Waals surface area contributed by atoms with E-state index in [1.807, 2.05) is 18.2 Å². The van der Waals surface area contributed by atoms with Gasteiger partial charge in [0, 0.05) is 29.7 Å². The lowest BCUT2D eigenvalue weighted by Crippen LogP contribution is -1.92. The van der Waals surface area contributed by atoms with Gasteiger partial charge in [0.15, 0.2) is 0 Å². The molecule has 3 nitrogen and oxygen atoms in total. The lowest BCUT2D eigenvalue weighted by Gasteiger charge is -2.05. The molecule has 0 aliphatic heterocycles. The lowest BCUT2D eigenvalue weighted by atomic mass is 10.0. The highest BCUT2D eigenvalue weighted by Gasteiger charge is 2.08. The molecule has 0 saturated heterocycles. The van der Waals surface area contributed by atoms with Gasteiger partial charge in [-0.25, -0.2) is 0 Å². The number of hydrogen-bond donors (Lipinski definition) is 0. The summed E-state index contributed by atoms with van der Waals surface area (Å²) in [6.07, 6.45) is 6.67. The maximum absolute atomic E-state index is 9.13. The normalized spacial score (nSPS) is 9.44. The van der Waals surface area contributed by atoms with Gasteiger partial charge in [-0.3, -0.25) is 9.97 Å². The van der Waals surface area contributed by atoms with Crippen LogP contribution in [0, 0.1) is 11.3 Å². The van der Waals surface area contributed by atoms with Crippen molar-refractivity contribution in [3.63, 3.8) is 0 Å². The van der Waals surface area contributed by atoms with Crippen molar-refractivity contribution in [3.8, 4) is 17.2 Å². The first-order chi connectivity index (χ1) is 7.86. The summed E-state index contributed by atoms with van der Waals surface area (Å²) in [5.41, 5.74) is 2.87. The van der Waals surface area contributed by atoms with Crippen LogP contribution in [0.2, 0.25) is 0 Å². The van der Waals surface area contributed by atoms with Crippen LogP contribution >= 0.6 is 0 Å². The second-order valence-electron chi connectivity index (χ2n) is 3.18. The van der Waals surface area contributed by atoms with Gasteiger partial charge < -0.3 is 0 Å². The highest BCUT2D eigenvalue weighted by Crippen LogP contribution is 2.24. The van der Waals surface area contributed by atoms with Crippen LogP contribution in [0.25, 0.3) is 17.2 Å². The molecule has 3 heteroatoms. The van der Waals surface area contributed by atoms with E-state index in [1.165, 1.54) is 0 Å². The van der Waals surface area contributed by atoms with Crippen LogP contribution in [0.1, 0.15) is 11.3 Å². The second kappa shape index (κ2) is 4.37. The molecule has 0 aliphatic carbocycles.